The molecule has 2 aromatic rings. The number of Topliss-reactive ketones (excluding diaryl/α,β-unsaturated/α-hetero) is 1. The molecule has 4 fully saturated rings. The first-order valence-electron chi connectivity index (χ1n) is 10.2. The number of benzene rings is 1. The van der Waals surface area contributed by atoms with Crippen molar-refractivity contribution in [3.8, 4) is 0 Å². The second-order valence-electron chi connectivity index (χ2n) is 8.50. The number of nitrogens with zero attached hydrogens (tertiary/aromatic N) is 2. The summed E-state index contributed by atoms with van der Waals surface area (Å²) in [7, 11) is 0. The number of ketones is 1. The number of aromatic amines is 1. The van der Waals surface area contributed by atoms with Gasteiger partial charge >= 0.3 is 0 Å². The summed E-state index contributed by atoms with van der Waals surface area (Å²) >= 11 is 0. The SMILES string of the molecule is O=C(C[C@H]1CN2CCC1CC2)c1n[nH]c2cc(C3(O)CCOCC3)ccc12. The lowest BCUT2D eigenvalue weighted by Crippen LogP contribution is -2.47. The van der Waals surface area contributed by atoms with Gasteiger partial charge in [-0.1, -0.05) is 12.1 Å². The Labute approximate surface area is 158 Å². The zero-order chi connectivity index (χ0) is 18.4. The largest absolute Gasteiger partial charge is 0.385 e. The van der Waals surface area contributed by atoms with Crippen molar-refractivity contribution in [2.75, 3.05) is 32.8 Å². The second kappa shape index (κ2) is 6.69. The van der Waals surface area contributed by atoms with Gasteiger partial charge < -0.3 is 14.7 Å². The molecule has 2 N–H and O–H groups in total. The van der Waals surface area contributed by atoms with E-state index in [4.69, 9.17) is 4.74 Å². The summed E-state index contributed by atoms with van der Waals surface area (Å²) in [6.07, 6.45) is 4.23. The van der Waals surface area contributed by atoms with E-state index >= 15 is 0 Å². The summed E-state index contributed by atoms with van der Waals surface area (Å²) in [5, 5.41) is 19.1. The Morgan fingerprint density at radius 2 is 2.07 bits per heavy atom. The van der Waals surface area contributed by atoms with Crippen LogP contribution in [0.1, 0.15) is 48.2 Å². The number of ether oxygens (including phenoxy) is 1. The maximum atomic E-state index is 12.9. The van der Waals surface area contributed by atoms with Gasteiger partial charge in [0.25, 0.3) is 0 Å². The molecule has 1 atom stereocenters. The lowest BCUT2D eigenvalue weighted by Gasteiger charge is -2.44. The van der Waals surface area contributed by atoms with Crippen molar-refractivity contribution < 1.29 is 14.6 Å². The van der Waals surface area contributed by atoms with Gasteiger partial charge in [0.15, 0.2) is 5.78 Å². The normalized spacial score (nSPS) is 29.9. The summed E-state index contributed by atoms with van der Waals surface area (Å²) < 4.78 is 5.37. The Bertz CT molecular complexity index is 847. The monoisotopic (exact) mass is 369 g/mol. The maximum absolute atomic E-state index is 12.9. The van der Waals surface area contributed by atoms with Crippen molar-refractivity contribution in [2.24, 2.45) is 11.8 Å². The van der Waals surface area contributed by atoms with Crippen LogP contribution >= 0.6 is 0 Å². The molecule has 0 spiro atoms. The molecule has 1 aromatic carbocycles. The van der Waals surface area contributed by atoms with Crippen LogP contribution in [0, 0.1) is 11.8 Å². The van der Waals surface area contributed by atoms with E-state index in [1.807, 2.05) is 18.2 Å². The third-order valence-electron chi connectivity index (χ3n) is 6.92. The fraction of sp³-hybridized carbons (Fsp3) is 0.619. The number of aliphatic hydroxyl groups is 1. The van der Waals surface area contributed by atoms with Gasteiger partial charge in [-0.15, -0.1) is 0 Å². The quantitative estimate of drug-likeness (QED) is 0.810. The van der Waals surface area contributed by atoms with Crippen LogP contribution < -0.4 is 0 Å². The van der Waals surface area contributed by atoms with Gasteiger partial charge in [0.1, 0.15) is 5.69 Å². The summed E-state index contributed by atoms with van der Waals surface area (Å²) in [4.78, 5) is 15.4. The Morgan fingerprint density at radius 1 is 1.30 bits per heavy atom. The van der Waals surface area contributed by atoms with E-state index in [1.165, 1.54) is 25.9 Å². The average molecular weight is 369 g/mol. The van der Waals surface area contributed by atoms with E-state index in [2.05, 4.69) is 15.1 Å². The van der Waals surface area contributed by atoms with Crippen molar-refractivity contribution in [1.82, 2.24) is 15.1 Å². The second-order valence-corrected chi connectivity index (χ2v) is 8.50. The minimum atomic E-state index is -0.850. The molecule has 0 unspecified atom stereocenters. The number of carbonyl (C=O) groups excluding carboxylic acids is 1. The van der Waals surface area contributed by atoms with Crippen molar-refractivity contribution in [3.63, 3.8) is 0 Å². The Kier molecular flexibility index (Phi) is 4.30. The lowest BCUT2D eigenvalue weighted by molar-refractivity contribution is -0.0678. The van der Waals surface area contributed by atoms with Gasteiger partial charge in [0, 0.05) is 44.4 Å². The van der Waals surface area contributed by atoms with Gasteiger partial charge in [0.05, 0.1) is 11.1 Å². The Balaban J connectivity index is 1.37. The molecule has 4 aliphatic heterocycles. The molecule has 0 aliphatic carbocycles. The number of H-pyrrole nitrogens is 1. The van der Waals surface area contributed by atoms with Crippen LogP contribution in [0.4, 0.5) is 0 Å². The lowest BCUT2D eigenvalue weighted by atomic mass is 9.76. The van der Waals surface area contributed by atoms with Crippen molar-refractivity contribution in [1.29, 1.82) is 0 Å². The first kappa shape index (κ1) is 17.3. The molecule has 27 heavy (non-hydrogen) atoms. The van der Waals surface area contributed by atoms with Crippen LogP contribution in [0.5, 0.6) is 0 Å². The van der Waals surface area contributed by atoms with E-state index < -0.39 is 5.60 Å². The highest BCUT2D eigenvalue weighted by Crippen LogP contribution is 2.36. The number of nitrogens with one attached hydrogen (secondary N) is 1. The van der Waals surface area contributed by atoms with Crippen LogP contribution in [0.2, 0.25) is 0 Å². The first-order chi connectivity index (χ1) is 13.1. The van der Waals surface area contributed by atoms with Crippen molar-refractivity contribution in [3.05, 3.63) is 29.5 Å². The van der Waals surface area contributed by atoms with Crippen LogP contribution in [0.3, 0.4) is 0 Å². The third-order valence-corrected chi connectivity index (χ3v) is 6.92. The van der Waals surface area contributed by atoms with Gasteiger partial charge in [-0.3, -0.25) is 9.89 Å². The van der Waals surface area contributed by atoms with Gasteiger partial charge in [0.2, 0.25) is 0 Å². The molecular weight excluding hydrogens is 342 g/mol. The van der Waals surface area contributed by atoms with Crippen molar-refractivity contribution >= 4 is 16.7 Å². The molecule has 6 heteroatoms. The van der Waals surface area contributed by atoms with E-state index in [0.29, 0.717) is 50.0 Å². The zero-order valence-corrected chi connectivity index (χ0v) is 15.6. The molecule has 6 nitrogen and oxygen atoms in total. The standard InChI is InChI=1S/C21H27N3O3/c25-19(11-15-13-24-7-3-14(15)4-8-24)20-17-2-1-16(12-18(17)22-23-20)21(26)5-9-27-10-6-21/h1-2,12,14-15,26H,3-11,13H2,(H,22,23)/t15-/m0/s1. The molecule has 0 radical (unpaired) electrons. The Morgan fingerprint density at radius 3 is 2.78 bits per heavy atom. The number of hydrogen-bond acceptors (Lipinski definition) is 5. The van der Waals surface area contributed by atoms with E-state index in [0.717, 1.165) is 23.0 Å². The number of carbonyl (C=O) groups is 1. The number of rotatable bonds is 4. The minimum Gasteiger partial charge on any atom is -0.385 e. The molecular formula is C21H27N3O3. The molecule has 6 rings (SSSR count). The van der Waals surface area contributed by atoms with Gasteiger partial charge in [-0.05, 0) is 49.4 Å². The zero-order valence-electron chi connectivity index (χ0n) is 15.6. The number of hydrogen-bond donors (Lipinski definition) is 2. The number of fused-ring (bicyclic) bond motifs is 4. The molecule has 2 bridgehead atoms. The molecule has 4 aliphatic rings. The van der Waals surface area contributed by atoms with E-state index in [9.17, 15) is 9.90 Å². The topological polar surface area (TPSA) is 78.5 Å². The Hall–Kier alpha value is -1.76. The average Bonchev–Trinajstić information content (AvgIpc) is 3.13. The summed E-state index contributed by atoms with van der Waals surface area (Å²) in [5.74, 6) is 1.30. The fourth-order valence-corrected chi connectivity index (χ4v) is 5.17. The predicted octanol–water partition coefficient (Wildman–Crippen LogP) is 2.48. The van der Waals surface area contributed by atoms with Gasteiger partial charge in [-0.25, -0.2) is 0 Å². The summed E-state index contributed by atoms with van der Waals surface area (Å²) in [6, 6.07) is 5.82. The highest BCUT2D eigenvalue weighted by atomic mass is 16.5. The van der Waals surface area contributed by atoms with Crippen molar-refractivity contribution in [2.45, 2.75) is 37.7 Å². The minimum absolute atomic E-state index is 0.137. The van der Waals surface area contributed by atoms with Crippen LogP contribution in [-0.2, 0) is 10.3 Å². The van der Waals surface area contributed by atoms with Crippen LogP contribution in [0.25, 0.3) is 10.9 Å². The van der Waals surface area contributed by atoms with Gasteiger partial charge in [-0.2, -0.15) is 5.10 Å². The number of aromatic nitrogens is 2. The molecule has 1 aromatic heterocycles. The number of piperidine rings is 3. The van der Waals surface area contributed by atoms with Crippen LogP contribution in [0.15, 0.2) is 18.2 Å². The smallest absolute Gasteiger partial charge is 0.184 e. The maximum Gasteiger partial charge on any atom is 0.184 e. The molecule has 5 heterocycles. The van der Waals surface area contributed by atoms with Crippen LogP contribution in [-0.4, -0.2) is 58.8 Å². The predicted molar refractivity (Wildman–Crippen MR) is 102 cm³/mol. The first-order valence-corrected chi connectivity index (χ1v) is 10.2. The molecule has 0 saturated carbocycles. The third kappa shape index (κ3) is 3.10. The highest BCUT2D eigenvalue weighted by Gasteiger charge is 2.36. The summed E-state index contributed by atoms with van der Waals surface area (Å²) in [6.45, 7) is 4.58. The summed E-state index contributed by atoms with van der Waals surface area (Å²) in [5.41, 5.74) is 1.40. The van der Waals surface area contributed by atoms with E-state index in [1.54, 1.807) is 0 Å². The fourth-order valence-electron chi connectivity index (χ4n) is 5.17. The molecule has 144 valence electrons. The molecule has 4 saturated heterocycles. The molecule has 0 amide bonds. The highest BCUT2D eigenvalue weighted by molar-refractivity contribution is 6.06. The van der Waals surface area contributed by atoms with E-state index in [-0.39, 0.29) is 5.78 Å².